The van der Waals surface area contributed by atoms with E-state index in [1.165, 1.54) is 42.6 Å². The molecule has 1 aromatic rings. The molecule has 4 rings (SSSR count). The number of carbonyl (C=O) groups is 2. The molecule has 2 heterocycles. The number of hydrogen-bond donors (Lipinski definition) is 0. The van der Waals surface area contributed by atoms with E-state index in [1.807, 2.05) is 19.1 Å². The number of carbonyl (C=O) groups excluding carboxylic acids is 2. The van der Waals surface area contributed by atoms with Crippen molar-refractivity contribution in [2.45, 2.75) is 50.9 Å². The Morgan fingerprint density at radius 3 is 2.55 bits per heavy atom. The van der Waals surface area contributed by atoms with Crippen LogP contribution in [0.25, 0.3) is 0 Å². The van der Waals surface area contributed by atoms with Crippen molar-refractivity contribution in [1.82, 2.24) is 5.06 Å². The van der Waals surface area contributed by atoms with Crippen LogP contribution in [0.4, 0.5) is 0 Å². The number of aldehydes is 1. The minimum Gasteiger partial charge on any atom is -0.491 e. The van der Waals surface area contributed by atoms with Crippen molar-refractivity contribution in [1.29, 1.82) is 5.26 Å². The zero-order chi connectivity index (χ0) is 22.4. The molecule has 31 heavy (non-hydrogen) atoms. The Kier molecular flexibility index (Phi) is 7.09. The highest BCUT2D eigenvalue weighted by Gasteiger charge is 2.59. The molecule has 162 valence electrons. The summed E-state index contributed by atoms with van der Waals surface area (Å²) in [6, 6.07) is 6.02. The largest absolute Gasteiger partial charge is 0.491 e. The average molecular weight is 421 g/mol. The van der Waals surface area contributed by atoms with Gasteiger partial charge >= 0.3 is 0 Å². The second-order valence-corrected chi connectivity index (χ2v) is 7.67. The third-order valence-corrected chi connectivity index (χ3v) is 6.02. The maximum Gasteiger partial charge on any atom is 0.269 e. The number of nitrogens with zero attached hydrogens (tertiary/aromatic N) is 2. The van der Waals surface area contributed by atoms with Crippen LogP contribution in [-0.2, 0) is 32.7 Å². The van der Waals surface area contributed by atoms with Crippen molar-refractivity contribution in [3.05, 3.63) is 64.9 Å². The van der Waals surface area contributed by atoms with Crippen LogP contribution >= 0.6 is 0 Å². The Balaban J connectivity index is 0.000000491. The van der Waals surface area contributed by atoms with E-state index in [0.29, 0.717) is 12.9 Å². The van der Waals surface area contributed by atoms with Crippen LogP contribution in [-0.4, -0.2) is 31.0 Å². The Hall–Kier alpha value is -3.17. The first-order valence-corrected chi connectivity index (χ1v) is 10.6. The highest BCUT2D eigenvalue weighted by Crippen LogP contribution is 2.53. The number of ether oxygens (including phenoxy) is 1. The molecule has 1 amide bonds. The number of fused-ring (bicyclic) bond motifs is 3. The van der Waals surface area contributed by atoms with Gasteiger partial charge in [0.25, 0.3) is 5.91 Å². The molecule has 3 aliphatic rings. The number of hydrogen-bond acceptors (Lipinski definition) is 5. The second kappa shape index (κ2) is 9.76. The number of benzene rings is 1. The first-order valence-electron chi connectivity index (χ1n) is 10.6. The summed E-state index contributed by atoms with van der Waals surface area (Å²) in [7, 11) is 1.53. The van der Waals surface area contributed by atoms with E-state index in [0.717, 1.165) is 35.4 Å². The van der Waals surface area contributed by atoms with Gasteiger partial charge in [0.05, 0.1) is 25.3 Å². The van der Waals surface area contributed by atoms with Gasteiger partial charge in [-0.3, -0.25) is 9.63 Å². The molecule has 0 saturated carbocycles. The molecule has 1 fully saturated rings. The van der Waals surface area contributed by atoms with Crippen LogP contribution in [0.15, 0.2) is 48.2 Å². The third-order valence-electron chi connectivity index (χ3n) is 6.02. The van der Waals surface area contributed by atoms with E-state index >= 15 is 0 Å². The quantitative estimate of drug-likeness (QED) is 0.543. The lowest BCUT2D eigenvalue weighted by molar-refractivity contribution is -0.164. The number of nitriles is 1. The van der Waals surface area contributed by atoms with Gasteiger partial charge < -0.3 is 9.53 Å². The molecule has 0 bridgehead atoms. The molecular weight excluding hydrogens is 392 g/mol. The van der Waals surface area contributed by atoms with Gasteiger partial charge in [-0.15, -0.1) is 0 Å². The smallest absolute Gasteiger partial charge is 0.269 e. The molecule has 1 aliphatic carbocycles. The first-order chi connectivity index (χ1) is 15.1. The van der Waals surface area contributed by atoms with Crippen LogP contribution < -0.4 is 4.74 Å². The van der Waals surface area contributed by atoms with Crippen LogP contribution in [0.2, 0.25) is 0 Å². The van der Waals surface area contributed by atoms with Crippen molar-refractivity contribution in [2.24, 2.45) is 0 Å². The summed E-state index contributed by atoms with van der Waals surface area (Å²) in [6.07, 6.45) is 12.0. The van der Waals surface area contributed by atoms with Gasteiger partial charge in [-0.1, -0.05) is 37.3 Å². The molecule has 6 heteroatoms. The number of rotatable bonds is 3. The fourth-order valence-corrected chi connectivity index (χ4v) is 4.62. The number of hydroxylamine groups is 2. The monoisotopic (exact) mass is 420 g/mol. The Labute approximate surface area is 183 Å². The fraction of sp³-hybridized carbons (Fsp3) is 0.400. The lowest BCUT2D eigenvalue weighted by Crippen LogP contribution is -2.39. The van der Waals surface area contributed by atoms with Crippen LogP contribution in [0.1, 0.15) is 49.3 Å². The Morgan fingerprint density at radius 2 is 2.00 bits per heavy atom. The highest BCUT2D eigenvalue weighted by atomic mass is 16.7. The number of amides is 1. The average Bonchev–Trinajstić information content (AvgIpc) is 3.13. The van der Waals surface area contributed by atoms with Gasteiger partial charge in [0, 0.05) is 11.1 Å². The molecule has 1 aromatic carbocycles. The van der Waals surface area contributed by atoms with Crippen LogP contribution in [0, 0.1) is 11.3 Å². The molecule has 0 radical (unpaired) electrons. The molecule has 0 aromatic heterocycles. The van der Waals surface area contributed by atoms with Crippen molar-refractivity contribution >= 4 is 12.2 Å². The summed E-state index contributed by atoms with van der Waals surface area (Å²) in [5, 5.41) is 8.97. The summed E-state index contributed by atoms with van der Waals surface area (Å²) in [5.41, 5.74) is 4.51. The summed E-state index contributed by atoms with van der Waals surface area (Å²) in [5.74, 6) is 0.746. The SMILES string of the molecule is C=C/C=C1\C(=C/C)N(OC)C(=O)C12COc1cc3c(cc12)CCCCC3.N#CCC=O. The second-order valence-electron chi connectivity index (χ2n) is 7.67. The van der Waals surface area contributed by atoms with Gasteiger partial charge in [0.15, 0.2) is 0 Å². The molecule has 0 N–H and O–H groups in total. The summed E-state index contributed by atoms with van der Waals surface area (Å²) in [6.45, 7) is 6.07. The molecule has 1 saturated heterocycles. The fourth-order valence-electron chi connectivity index (χ4n) is 4.62. The maximum absolute atomic E-state index is 13.4. The zero-order valence-electron chi connectivity index (χ0n) is 18.1. The predicted molar refractivity (Wildman–Crippen MR) is 117 cm³/mol. The van der Waals surface area contributed by atoms with E-state index in [4.69, 9.17) is 14.8 Å². The molecule has 1 unspecified atom stereocenters. The van der Waals surface area contributed by atoms with E-state index in [9.17, 15) is 9.59 Å². The molecule has 6 nitrogen and oxygen atoms in total. The topological polar surface area (TPSA) is 79.6 Å². The van der Waals surface area contributed by atoms with Gasteiger partial charge in [-0.25, -0.2) is 0 Å². The predicted octanol–water partition coefficient (Wildman–Crippen LogP) is 4.10. The van der Waals surface area contributed by atoms with E-state index in [-0.39, 0.29) is 12.3 Å². The summed E-state index contributed by atoms with van der Waals surface area (Å²) >= 11 is 0. The van der Waals surface area contributed by atoms with E-state index < -0.39 is 5.41 Å². The molecule has 1 atom stereocenters. The Bertz CT molecular complexity index is 986. The molecule has 1 spiro atoms. The zero-order valence-corrected chi connectivity index (χ0v) is 18.1. The Morgan fingerprint density at radius 1 is 1.29 bits per heavy atom. The van der Waals surface area contributed by atoms with Gasteiger partial charge in [-0.2, -0.15) is 10.3 Å². The van der Waals surface area contributed by atoms with E-state index in [1.54, 1.807) is 12.1 Å². The van der Waals surface area contributed by atoms with Gasteiger partial charge in [-0.05, 0) is 49.8 Å². The standard InChI is InChI=1S/C22H25NO3.C3H3NO/c1-4-9-17-19(5-2)23(25-3)21(24)22(17)14-26-20-13-16-11-8-6-7-10-15(16)12-18(20)22;4-2-1-3-5/h4-5,9,12-13H,1,6-8,10-11,14H2,2-3H3;3H,1H2/b17-9+,19-5+;. The molecular formula is C25H28N2O4. The van der Waals surface area contributed by atoms with Crippen molar-refractivity contribution in [3.63, 3.8) is 0 Å². The molecule has 2 aliphatic heterocycles. The maximum atomic E-state index is 13.4. The first kappa shape index (κ1) is 22.5. The summed E-state index contributed by atoms with van der Waals surface area (Å²) < 4.78 is 6.07. The van der Waals surface area contributed by atoms with Gasteiger partial charge in [0.1, 0.15) is 24.1 Å². The minimum atomic E-state index is -0.845. The number of aryl methyl sites for hydroxylation is 2. The lowest BCUT2D eigenvalue weighted by atomic mass is 9.75. The minimum absolute atomic E-state index is 0.0139. The third kappa shape index (κ3) is 3.82. The summed E-state index contributed by atoms with van der Waals surface area (Å²) in [4.78, 5) is 28.0. The normalized spacial score (nSPS) is 24.0. The highest BCUT2D eigenvalue weighted by molar-refractivity contribution is 6.00. The van der Waals surface area contributed by atoms with E-state index in [2.05, 4.69) is 18.7 Å². The lowest BCUT2D eigenvalue weighted by Gasteiger charge is -2.22. The van der Waals surface area contributed by atoms with Gasteiger partial charge in [0.2, 0.25) is 0 Å². The van der Waals surface area contributed by atoms with Crippen LogP contribution in [0.5, 0.6) is 5.75 Å². The van der Waals surface area contributed by atoms with Crippen molar-refractivity contribution in [2.75, 3.05) is 13.7 Å². The van der Waals surface area contributed by atoms with Crippen molar-refractivity contribution in [3.8, 4) is 11.8 Å². The van der Waals surface area contributed by atoms with Crippen molar-refractivity contribution < 1.29 is 19.2 Å². The number of allylic oxidation sites excluding steroid dienone is 4. The van der Waals surface area contributed by atoms with Crippen LogP contribution in [0.3, 0.4) is 0 Å².